The number of hydrogen-bond acceptors (Lipinski definition) is 5. The maximum atomic E-state index is 12.0. The minimum atomic E-state index is -0.415. The quantitative estimate of drug-likeness (QED) is 0.477. The molecule has 0 aliphatic heterocycles. The molecule has 0 saturated carbocycles. The van der Waals surface area contributed by atoms with Crippen LogP contribution in [0.2, 0.25) is 0 Å². The third-order valence-corrected chi connectivity index (χ3v) is 5.04. The lowest BCUT2D eigenvalue weighted by atomic mass is 9.87. The predicted octanol–water partition coefficient (Wildman–Crippen LogP) is 6.32. The molecule has 0 spiro atoms. The molecule has 34 heavy (non-hydrogen) atoms. The van der Waals surface area contributed by atoms with Gasteiger partial charge in [0.15, 0.2) is 0 Å². The van der Waals surface area contributed by atoms with Crippen LogP contribution in [0.1, 0.15) is 88.6 Å². The summed E-state index contributed by atoms with van der Waals surface area (Å²) >= 11 is 0. The molecule has 0 unspecified atom stereocenters. The van der Waals surface area contributed by atoms with Crippen molar-refractivity contribution in [1.82, 2.24) is 5.32 Å². The van der Waals surface area contributed by atoms with E-state index in [2.05, 4.69) is 46.9 Å². The fourth-order valence-corrected chi connectivity index (χ4v) is 2.34. The fourth-order valence-electron chi connectivity index (χ4n) is 2.34. The van der Waals surface area contributed by atoms with Crippen LogP contribution in [0.3, 0.4) is 0 Å². The summed E-state index contributed by atoms with van der Waals surface area (Å²) in [6, 6.07) is 9.63. The molecule has 0 aliphatic carbocycles. The molecule has 0 saturated heterocycles. The predicted molar refractivity (Wildman–Crippen MR) is 142 cm³/mol. The molecule has 1 aromatic rings. The van der Waals surface area contributed by atoms with E-state index in [4.69, 9.17) is 19.9 Å². The van der Waals surface area contributed by atoms with Crippen molar-refractivity contribution in [2.45, 2.75) is 113 Å². The van der Waals surface area contributed by atoms with Gasteiger partial charge < -0.3 is 25.3 Å². The van der Waals surface area contributed by atoms with Crippen LogP contribution in [0.4, 0.5) is 4.79 Å². The Morgan fingerprint density at radius 2 is 1.26 bits per heavy atom. The maximum absolute atomic E-state index is 12.0. The van der Waals surface area contributed by atoms with Gasteiger partial charge in [0.25, 0.3) is 0 Å². The van der Waals surface area contributed by atoms with Gasteiger partial charge in [0.1, 0.15) is 6.61 Å². The number of carbonyl (C=O) groups excluding carboxylic acids is 1. The van der Waals surface area contributed by atoms with Gasteiger partial charge in [0.05, 0.1) is 30.5 Å². The molecule has 1 amide bonds. The van der Waals surface area contributed by atoms with Crippen LogP contribution in [-0.4, -0.2) is 42.6 Å². The molecule has 3 N–H and O–H groups in total. The lowest BCUT2D eigenvalue weighted by Crippen LogP contribution is -2.48. The van der Waals surface area contributed by atoms with E-state index >= 15 is 0 Å². The van der Waals surface area contributed by atoms with Crippen LogP contribution in [0, 0.1) is 10.8 Å². The Morgan fingerprint density at radius 1 is 0.794 bits per heavy atom. The van der Waals surface area contributed by atoms with E-state index < -0.39 is 6.09 Å². The number of rotatable bonds is 7. The van der Waals surface area contributed by atoms with Gasteiger partial charge in [-0.3, -0.25) is 0 Å². The van der Waals surface area contributed by atoms with Crippen LogP contribution in [-0.2, 0) is 20.8 Å². The summed E-state index contributed by atoms with van der Waals surface area (Å²) in [5, 5.41) is 2.91. The van der Waals surface area contributed by atoms with E-state index in [1.807, 2.05) is 71.9 Å². The summed E-state index contributed by atoms with van der Waals surface area (Å²) < 4.78 is 16.7. The minimum Gasteiger partial charge on any atom is -0.445 e. The molecule has 1 rings (SSSR count). The molecule has 198 valence electrons. The first-order valence-electron chi connectivity index (χ1n) is 12.2. The zero-order valence-corrected chi connectivity index (χ0v) is 23.9. The highest BCUT2D eigenvalue weighted by Crippen LogP contribution is 2.22. The van der Waals surface area contributed by atoms with Crippen LogP contribution in [0.25, 0.3) is 0 Å². The Hall–Kier alpha value is -1.63. The highest BCUT2D eigenvalue weighted by atomic mass is 16.5. The van der Waals surface area contributed by atoms with E-state index in [1.54, 1.807) is 0 Å². The SMILES string of the molecule is CC(C)(C)OC[C@@H](N)C(C)(C)C.CC(C)(C)OC[C@@H](NC(=O)OCc1ccccc1)C(C)(C)C. The third kappa shape index (κ3) is 16.9. The number of carbonyl (C=O) groups is 1. The molecular weight excluding hydrogens is 428 g/mol. The Morgan fingerprint density at radius 3 is 1.68 bits per heavy atom. The Balaban J connectivity index is 0.000000770. The number of amides is 1. The Kier molecular flexibility index (Phi) is 12.8. The van der Waals surface area contributed by atoms with Gasteiger partial charge in [-0.25, -0.2) is 4.79 Å². The van der Waals surface area contributed by atoms with E-state index in [9.17, 15) is 4.79 Å². The second kappa shape index (κ2) is 13.5. The minimum absolute atomic E-state index is 0.0805. The summed E-state index contributed by atoms with van der Waals surface area (Å²) in [5.74, 6) is 0. The topological polar surface area (TPSA) is 82.8 Å². The van der Waals surface area contributed by atoms with Gasteiger partial charge in [-0.2, -0.15) is 0 Å². The number of alkyl carbamates (subject to hydrolysis) is 1. The lowest BCUT2D eigenvalue weighted by molar-refractivity contribution is -0.0293. The second-order valence-corrected chi connectivity index (χ2v) is 12.9. The second-order valence-electron chi connectivity index (χ2n) is 12.9. The summed E-state index contributed by atoms with van der Waals surface area (Å²) in [4.78, 5) is 12.0. The summed E-state index contributed by atoms with van der Waals surface area (Å²) in [5.41, 5.74) is 6.60. The number of nitrogens with one attached hydrogen (secondary N) is 1. The molecule has 0 bridgehead atoms. The molecule has 6 heteroatoms. The van der Waals surface area contributed by atoms with Crippen molar-refractivity contribution in [3.63, 3.8) is 0 Å². The Labute approximate surface area is 209 Å². The van der Waals surface area contributed by atoms with Crippen molar-refractivity contribution in [2.24, 2.45) is 16.6 Å². The van der Waals surface area contributed by atoms with E-state index in [-0.39, 0.29) is 40.7 Å². The monoisotopic (exact) mass is 480 g/mol. The average molecular weight is 481 g/mol. The van der Waals surface area contributed by atoms with Gasteiger partial charge in [-0.15, -0.1) is 0 Å². The first-order chi connectivity index (χ1) is 15.2. The van der Waals surface area contributed by atoms with Crippen molar-refractivity contribution >= 4 is 6.09 Å². The van der Waals surface area contributed by atoms with Crippen molar-refractivity contribution < 1.29 is 19.0 Å². The molecular formula is C28H52N2O4. The first-order valence-corrected chi connectivity index (χ1v) is 12.2. The van der Waals surface area contributed by atoms with E-state index in [1.165, 1.54) is 0 Å². The largest absolute Gasteiger partial charge is 0.445 e. The number of benzene rings is 1. The van der Waals surface area contributed by atoms with Gasteiger partial charge in [-0.05, 0) is 57.9 Å². The third-order valence-electron chi connectivity index (χ3n) is 5.04. The van der Waals surface area contributed by atoms with Crippen LogP contribution in [0.5, 0.6) is 0 Å². The van der Waals surface area contributed by atoms with E-state index in [0.717, 1.165) is 5.56 Å². The highest BCUT2D eigenvalue weighted by molar-refractivity contribution is 5.67. The lowest BCUT2D eigenvalue weighted by Gasteiger charge is -2.33. The van der Waals surface area contributed by atoms with Gasteiger partial charge in [0, 0.05) is 6.04 Å². The summed E-state index contributed by atoms with van der Waals surface area (Å²) in [6.07, 6.45) is -0.415. The van der Waals surface area contributed by atoms with Crippen molar-refractivity contribution in [3.8, 4) is 0 Å². The van der Waals surface area contributed by atoms with Crippen molar-refractivity contribution in [2.75, 3.05) is 13.2 Å². The van der Waals surface area contributed by atoms with Crippen LogP contribution < -0.4 is 11.1 Å². The number of hydrogen-bond donors (Lipinski definition) is 2. The standard InChI is InChI=1S/C18H29NO3.C10H23NO/c1-17(2,3)15(13-22-18(4,5)6)19-16(20)21-12-14-10-8-7-9-11-14;1-9(2,3)8(11)7-12-10(4,5)6/h7-11,15H,12-13H2,1-6H3,(H,19,20);8H,7,11H2,1-6H3/t15-;8-/m11/s1. The van der Waals surface area contributed by atoms with Crippen LogP contribution in [0.15, 0.2) is 30.3 Å². The molecule has 0 fully saturated rings. The zero-order valence-electron chi connectivity index (χ0n) is 23.9. The summed E-state index contributed by atoms with van der Waals surface area (Å²) in [7, 11) is 0. The molecule has 0 aliphatic rings. The number of nitrogens with two attached hydrogens (primary N) is 1. The smallest absolute Gasteiger partial charge is 0.407 e. The van der Waals surface area contributed by atoms with Crippen molar-refractivity contribution in [1.29, 1.82) is 0 Å². The normalized spacial score (nSPS) is 14.5. The Bertz CT molecular complexity index is 692. The van der Waals surface area contributed by atoms with E-state index in [0.29, 0.717) is 13.2 Å². The molecule has 0 aromatic heterocycles. The van der Waals surface area contributed by atoms with Crippen LogP contribution >= 0.6 is 0 Å². The fraction of sp³-hybridized carbons (Fsp3) is 0.750. The molecule has 2 atom stereocenters. The molecule has 0 heterocycles. The molecule has 0 radical (unpaired) electrons. The highest BCUT2D eigenvalue weighted by Gasteiger charge is 2.28. The van der Waals surface area contributed by atoms with Crippen molar-refractivity contribution in [3.05, 3.63) is 35.9 Å². The molecule has 1 aromatic carbocycles. The average Bonchev–Trinajstić information content (AvgIpc) is 2.66. The molecule has 6 nitrogen and oxygen atoms in total. The number of ether oxygens (including phenoxy) is 3. The van der Waals surface area contributed by atoms with Gasteiger partial charge >= 0.3 is 6.09 Å². The zero-order chi connectivity index (χ0) is 26.8. The summed E-state index contributed by atoms with van der Waals surface area (Å²) in [6.45, 7) is 26.1. The van der Waals surface area contributed by atoms with Gasteiger partial charge in [0.2, 0.25) is 0 Å². The van der Waals surface area contributed by atoms with Gasteiger partial charge in [-0.1, -0.05) is 71.9 Å². The maximum Gasteiger partial charge on any atom is 0.407 e. The first kappa shape index (κ1) is 32.4.